The quantitative estimate of drug-likeness (QED) is 0.461. The first-order valence-corrected chi connectivity index (χ1v) is 11.0. The second kappa shape index (κ2) is 7.40. The maximum Gasteiger partial charge on any atom is 0.225 e. The van der Waals surface area contributed by atoms with Gasteiger partial charge < -0.3 is 4.90 Å². The summed E-state index contributed by atoms with van der Waals surface area (Å²) in [6.07, 6.45) is 4.71. The number of hydrogen-bond acceptors (Lipinski definition) is 4. The van der Waals surface area contributed by atoms with Gasteiger partial charge in [-0.1, -0.05) is 31.2 Å². The highest BCUT2D eigenvalue weighted by atomic mass is 35.5. The Bertz CT molecular complexity index is 954. The van der Waals surface area contributed by atoms with Crippen molar-refractivity contribution < 1.29 is 0 Å². The first-order valence-electron chi connectivity index (χ1n) is 9.83. The van der Waals surface area contributed by atoms with Gasteiger partial charge in [0.1, 0.15) is 10.6 Å². The summed E-state index contributed by atoms with van der Waals surface area (Å²) in [5.74, 6) is 1.00. The Balaban J connectivity index is 1.96. The van der Waals surface area contributed by atoms with Crippen molar-refractivity contribution in [3.05, 3.63) is 40.0 Å². The van der Waals surface area contributed by atoms with Gasteiger partial charge in [-0.3, -0.25) is 0 Å². The molecule has 0 saturated carbocycles. The van der Waals surface area contributed by atoms with Crippen LogP contribution in [0.25, 0.3) is 21.3 Å². The molecule has 1 aliphatic rings. The van der Waals surface area contributed by atoms with E-state index in [1.54, 1.807) is 11.3 Å². The number of anilines is 1. The van der Waals surface area contributed by atoms with Crippen molar-refractivity contribution in [3.63, 3.8) is 0 Å². The Morgan fingerprint density at radius 2 is 1.78 bits per heavy atom. The molecule has 2 aromatic heterocycles. The van der Waals surface area contributed by atoms with Gasteiger partial charge >= 0.3 is 0 Å². The molecule has 1 fully saturated rings. The minimum atomic E-state index is 0.344. The molecule has 3 nitrogen and oxygen atoms in total. The average molecular weight is 400 g/mol. The summed E-state index contributed by atoms with van der Waals surface area (Å²) in [5.41, 5.74) is 3.85. The molecule has 0 spiro atoms. The van der Waals surface area contributed by atoms with Gasteiger partial charge in [0.25, 0.3) is 0 Å². The number of thiophene rings is 1. The zero-order valence-corrected chi connectivity index (χ0v) is 18.0. The smallest absolute Gasteiger partial charge is 0.225 e. The van der Waals surface area contributed by atoms with Gasteiger partial charge in [-0.2, -0.15) is 4.98 Å². The lowest BCUT2D eigenvalue weighted by Gasteiger charge is -2.40. The van der Waals surface area contributed by atoms with Gasteiger partial charge in [0.2, 0.25) is 5.28 Å². The van der Waals surface area contributed by atoms with Crippen LogP contribution in [0.4, 0.5) is 5.82 Å². The van der Waals surface area contributed by atoms with E-state index in [0.29, 0.717) is 17.4 Å². The molecule has 5 heteroatoms. The summed E-state index contributed by atoms with van der Waals surface area (Å²) < 4.78 is 0. The summed E-state index contributed by atoms with van der Waals surface area (Å²) in [6.45, 7) is 8.96. The number of aryl methyl sites for hydroxylation is 2. The zero-order valence-electron chi connectivity index (χ0n) is 16.4. The van der Waals surface area contributed by atoms with Gasteiger partial charge in [-0.15, -0.1) is 11.3 Å². The standard InChI is InChI=1S/C22H26ClN3S/c1-5-16-9-11-17(12-10-16)18-15(4)27-21-19(18)20(24-22(23)25-21)26-13(2)7-6-8-14(26)3/h9-14H,5-8H2,1-4H3. The third kappa shape index (κ3) is 3.34. The molecule has 4 rings (SSSR count). The van der Waals surface area contributed by atoms with Crippen LogP contribution in [0.15, 0.2) is 24.3 Å². The van der Waals surface area contributed by atoms with Gasteiger partial charge in [0.05, 0.1) is 5.39 Å². The van der Waals surface area contributed by atoms with Gasteiger partial charge in [-0.05, 0) is 69.2 Å². The fraction of sp³-hybridized carbons (Fsp3) is 0.455. The van der Waals surface area contributed by atoms with E-state index in [9.17, 15) is 0 Å². The molecule has 2 atom stereocenters. The molecule has 3 heterocycles. The van der Waals surface area contributed by atoms with Crippen molar-refractivity contribution in [3.8, 4) is 11.1 Å². The Labute approximate surface area is 170 Å². The predicted octanol–water partition coefficient (Wildman–Crippen LogP) is 6.65. The molecular weight excluding hydrogens is 374 g/mol. The van der Waals surface area contributed by atoms with E-state index in [2.05, 4.69) is 61.8 Å². The maximum atomic E-state index is 6.34. The Morgan fingerprint density at radius 3 is 2.41 bits per heavy atom. The molecule has 1 saturated heterocycles. The van der Waals surface area contributed by atoms with E-state index in [1.807, 2.05) is 0 Å². The largest absolute Gasteiger partial charge is 0.351 e. The summed E-state index contributed by atoms with van der Waals surface area (Å²) >= 11 is 8.06. The molecule has 1 aliphatic heterocycles. The normalized spacial score (nSPS) is 20.4. The van der Waals surface area contributed by atoms with Gasteiger partial charge in [0, 0.05) is 22.5 Å². The van der Waals surface area contributed by atoms with Crippen LogP contribution >= 0.6 is 22.9 Å². The molecule has 27 heavy (non-hydrogen) atoms. The van der Waals surface area contributed by atoms with E-state index in [-0.39, 0.29) is 0 Å². The van der Waals surface area contributed by atoms with Crippen molar-refractivity contribution in [2.24, 2.45) is 0 Å². The van der Waals surface area contributed by atoms with Crippen LogP contribution in [0.2, 0.25) is 5.28 Å². The predicted molar refractivity (Wildman–Crippen MR) is 117 cm³/mol. The topological polar surface area (TPSA) is 29.0 Å². The second-order valence-corrected chi connectivity index (χ2v) is 9.16. The van der Waals surface area contributed by atoms with E-state index in [1.165, 1.54) is 40.8 Å². The number of halogens is 1. The first kappa shape index (κ1) is 18.7. The maximum absolute atomic E-state index is 6.34. The molecule has 0 amide bonds. The number of nitrogens with zero attached hydrogens (tertiary/aromatic N) is 3. The van der Waals surface area contributed by atoms with Crippen LogP contribution in [0.3, 0.4) is 0 Å². The fourth-order valence-corrected chi connectivity index (χ4v) is 5.60. The molecule has 2 unspecified atom stereocenters. The molecule has 3 aromatic rings. The van der Waals surface area contributed by atoms with E-state index < -0.39 is 0 Å². The van der Waals surface area contributed by atoms with Crippen molar-refractivity contribution in [1.29, 1.82) is 0 Å². The monoisotopic (exact) mass is 399 g/mol. The number of fused-ring (bicyclic) bond motifs is 1. The van der Waals surface area contributed by atoms with Crippen molar-refractivity contribution in [1.82, 2.24) is 9.97 Å². The minimum Gasteiger partial charge on any atom is -0.351 e. The highest BCUT2D eigenvalue weighted by Crippen LogP contribution is 2.44. The lowest BCUT2D eigenvalue weighted by Crippen LogP contribution is -2.44. The lowest BCUT2D eigenvalue weighted by atomic mass is 9.96. The number of hydrogen-bond donors (Lipinski definition) is 0. The number of piperidine rings is 1. The van der Waals surface area contributed by atoms with Gasteiger partial charge in [-0.25, -0.2) is 4.98 Å². The van der Waals surface area contributed by atoms with Crippen LogP contribution in [0.5, 0.6) is 0 Å². The zero-order chi connectivity index (χ0) is 19.1. The summed E-state index contributed by atoms with van der Waals surface area (Å²) in [4.78, 5) is 14.0. The SMILES string of the molecule is CCc1ccc(-c2c(C)sc3nc(Cl)nc(N4C(C)CCCC4C)c23)cc1. The number of benzene rings is 1. The molecule has 0 bridgehead atoms. The number of aromatic nitrogens is 2. The molecule has 0 aliphatic carbocycles. The summed E-state index contributed by atoms with van der Waals surface area (Å²) in [5, 5.41) is 1.50. The Hall–Kier alpha value is -1.65. The number of rotatable bonds is 3. The molecule has 142 valence electrons. The third-order valence-electron chi connectivity index (χ3n) is 5.77. The van der Waals surface area contributed by atoms with Crippen LogP contribution in [0, 0.1) is 6.92 Å². The average Bonchev–Trinajstić information content (AvgIpc) is 2.97. The van der Waals surface area contributed by atoms with Crippen LogP contribution < -0.4 is 4.90 Å². The second-order valence-electron chi connectivity index (χ2n) is 7.62. The third-order valence-corrected chi connectivity index (χ3v) is 6.94. The van der Waals surface area contributed by atoms with E-state index in [4.69, 9.17) is 16.6 Å². The van der Waals surface area contributed by atoms with E-state index in [0.717, 1.165) is 22.5 Å². The van der Waals surface area contributed by atoms with Crippen LogP contribution in [-0.2, 0) is 6.42 Å². The fourth-order valence-electron chi connectivity index (χ4n) is 4.35. The summed E-state index contributed by atoms with van der Waals surface area (Å²) in [7, 11) is 0. The minimum absolute atomic E-state index is 0.344. The van der Waals surface area contributed by atoms with Gasteiger partial charge in [0.15, 0.2) is 0 Å². The first-order chi connectivity index (χ1) is 13.0. The molecular formula is C22H26ClN3S. The molecule has 0 N–H and O–H groups in total. The van der Waals surface area contributed by atoms with Crippen molar-refractivity contribution in [2.75, 3.05) is 4.90 Å². The van der Waals surface area contributed by atoms with Crippen molar-refractivity contribution >= 4 is 39.0 Å². The molecule has 1 aromatic carbocycles. The summed E-state index contributed by atoms with van der Waals surface area (Å²) in [6, 6.07) is 9.82. The highest BCUT2D eigenvalue weighted by molar-refractivity contribution is 7.19. The van der Waals surface area contributed by atoms with Crippen molar-refractivity contribution in [2.45, 2.75) is 65.5 Å². The molecule has 0 radical (unpaired) electrons. The van der Waals surface area contributed by atoms with Crippen LogP contribution in [0.1, 0.15) is 50.5 Å². The van der Waals surface area contributed by atoms with Crippen LogP contribution in [-0.4, -0.2) is 22.1 Å². The Morgan fingerprint density at radius 1 is 1.11 bits per heavy atom. The lowest BCUT2D eigenvalue weighted by molar-refractivity contribution is 0.412. The highest BCUT2D eigenvalue weighted by Gasteiger charge is 2.30. The Kier molecular flexibility index (Phi) is 5.13. The van der Waals surface area contributed by atoms with E-state index >= 15 is 0 Å².